The molecule has 0 atom stereocenters. The van der Waals surface area contributed by atoms with Gasteiger partial charge < -0.3 is 10.2 Å². The van der Waals surface area contributed by atoms with E-state index in [9.17, 15) is 0 Å². The molecule has 98 valence electrons. The van der Waals surface area contributed by atoms with Crippen LogP contribution in [0.1, 0.15) is 51.4 Å². The third-order valence-corrected chi connectivity index (χ3v) is 4.34. The summed E-state index contributed by atoms with van der Waals surface area (Å²) in [6, 6.07) is 0.893. The second-order valence-corrected chi connectivity index (χ2v) is 6.58. The number of hydrogen-bond acceptors (Lipinski definition) is 2. The van der Waals surface area contributed by atoms with Crippen molar-refractivity contribution in [2.24, 2.45) is 11.8 Å². The van der Waals surface area contributed by atoms with Gasteiger partial charge in [0.2, 0.25) is 0 Å². The van der Waals surface area contributed by atoms with E-state index in [0.29, 0.717) is 0 Å². The van der Waals surface area contributed by atoms with Crippen LogP contribution in [-0.4, -0.2) is 37.1 Å². The Hall–Kier alpha value is -0.0800. The van der Waals surface area contributed by atoms with Gasteiger partial charge in [0.15, 0.2) is 0 Å². The van der Waals surface area contributed by atoms with Gasteiger partial charge in [-0.15, -0.1) is 0 Å². The van der Waals surface area contributed by atoms with Gasteiger partial charge in [-0.25, -0.2) is 0 Å². The number of unbranched alkanes of at least 4 members (excludes halogenated alkanes) is 1. The second-order valence-electron chi connectivity index (χ2n) is 6.58. The van der Waals surface area contributed by atoms with Gasteiger partial charge in [-0.1, -0.05) is 0 Å². The summed E-state index contributed by atoms with van der Waals surface area (Å²) in [7, 11) is 0. The normalized spacial score (nSPS) is 24.5. The van der Waals surface area contributed by atoms with Crippen molar-refractivity contribution < 1.29 is 0 Å². The number of nitrogens with zero attached hydrogens (tertiary/aromatic N) is 1. The van der Waals surface area contributed by atoms with Crippen LogP contribution in [0, 0.1) is 11.8 Å². The fourth-order valence-corrected chi connectivity index (χ4v) is 2.64. The zero-order chi connectivity index (χ0) is 11.5. The fourth-order valence-electron chi connectivity index (χ4n) is 2.64. The lowest BCUT2D eigenvalue weighted by atomic mass is 10.2. The molecule has 0 aromatic rings. The van der Waals surface area contributed by atoms with Crippen LogP contribution in [0.3, 0.4) is 0 Å². The van der Waals surface area contributed by atoms with Crippen molar-refractivity contribution in [1.29, 1.82) is 0 Å². The Morgan fingerprint density at radius 2 is 1.47 bits per heavy atom. The lowest BCUT2D eigenvalue weighted by molar-refractivity contribution is 0.247. The van der Waals surface area contributed by atoms with Crippen molar-refractivity contribution in [3.05, 3.63) is 0 Å². The van der Waals surface area contributed by atoms with Crippen molar-refractivity contribution >= 4 is 0 Å². The Morgan fingerprint density at radius 3 is 2.00 bits per heavy atom. The molecule has 3 rings (SSSR count). The van der Waals surface area contributed by atoms with Crippen LogP contribution in [0.2, 0.25) is 0 Å². The summed E-state index contributed by atoms with van der Waals surface area (Å²) in [5.74, 6) is 2.14. The molecule has 0 aromatic carbocycles. The first-order valence-corrected chi connectivity index (χ1v) is 7.86. The molecule has 3 saturated carbocycles. The summed E-state index contributed by atoms with van der Waals surface area (Å²) >= 11 is 0. The van der Waals surface area contributed by atoms with Gasteiger partial charge in [-0.3, -0.25) is 0 Å². The molecule has 0 unspecified atom stereocenters. The molecule has 2 heteroatoms. The molecule has 0 aliphatic heterocycles. The van der Waals surface area contributed by atoms with Crippen molar-refractivity contribution in [2.75, 3.05) is 26.2 Å². The predicted octanol–water partition coefficient (Wildman–Crippen LogP) is 2.64. The topological polar surface area (TPSA) is 15.3 Å². The molecule has 1 N–H and O–H groups in total. The first-order valence-electron chi connectivity index (χ1n) is 7.86. The Bertz CT molecular complexity index is 215. The summed E-state index contributed by atoms with van der Waals surface area (Å²) < 4.78 is 0. The summed E-state index contributed by atoms with van der Waals surface area (Å²) in [5.41, 5.74) is 0. The Kier molecular flexibility index (Phi) is 4.02. The monoisotopic (exact) mass is 236 g/mol. The van der Waals surface area contributed by atoms with Crippen molar-refractivity contribution in [1.82, 2.24) is 10.2 Å². The number of nitrogens with one attached hydrogen (secondary N) is 1. The van der Waals surface area contributed by atoms with E-state index in [1.54, 1.807) is 0 Å². The molecule has 17 heavy (non-hydrogen) atoms. The van der Waals surface area contributed by atoms with Crippen LogP contribution in [0.25, 0.3) is 0 Å². The minimum atomic E-state index is 0.893. The zero-order valence-corrected chi connectivity index (χ0v) is 11.2. The lowest BCUT2D eigenvalue weighted by Crippen LogP contribution is -2.30. The Balaban J connectivity index is 1.25. The second kappa shape index (κ2) is 5.71. The van der Waals surface area contributed by atoms with Gasteiger partial charge in [0.25, 0.3) is 0 Å². The third-order valence-electron chi connectivity index (χ3n) is 4.34. The molecule has 3 fully saturated rings. The lowest BCUT2D eigenvalue weighted by Gasteiger charge is -2.22. The smallest absolute Gasteiger partial charge is 0.00682 e. The third kappa shape index (κ3) is 4.97. The first-order chi connectivity index (χ1) is 8.40. The Morgan fingerprint density at radius 1 is 0.824 bits per heavy atom. The average molecular weight is 236 g/mol. The highest BCUT2D eigenvalue weighted by Crippen LogP contribution is 2.33. The highest BCUT2D eigenvalue weighted by Gasteiger charge is 2.28. The van der Waals surface area contributed by atoms with Gasteiger partial charge >= 0.3 is 0 Å². The maximum Gasteiger partial charge on any atom is 0.00682 e. The molecule has 0 amide bonds. The summed E-state index contributed by atoms with van der Waals surface area (Å²) in [4.78, 5) is 2.77. The van der Waals surface area contributed by atoms with E-state index in [1.807, 2.05) is 0 Å². The maximum atomic E-state index is 3.62. The Labute approximate surface area is 106 Å². The summed E-state index contributed by atoms with van der Waals surface area (Å²) in [6.07, 6.45) is 11.6. The standard InChI is InChI=1S/C15H28N2/c1(9-16-15-7-8-15)2-10-17(11-13-3-4-13)12-14-5-6-14/h13-16H,1-12H2. The van der Waals surface area contributed by atoms with E-state index in [-0.39, 0.29) is 0 Å². The largest absolute Gasteiger partial charge is 0.314 e. The number of rotatable bonds is 10. The van der Waals surface area contributed by atoms with E-state index in [0.717, 1.165) is 17.9 Å². The molecule has 0 radical (unpaired) electrons. The van der Waals surface area contributed by atoms with Gasteiger partial charge in [0.1, 0.15) is 0 Å². The van der Waals surface area contributed by atoms with Crippen LogP contribution in [0.4, 0.5) is 0 Å². The molecule has 0 heterocycles. The molecule has 2 nitrogen and oxygen atoms in total. The molecule has 0 aromatic heterocycles. The fraction of sp³-hybridized carbons (Fsp3) is 1.00. The molecule has 3 aliphatic rings. The van der Waals surface area contributed by atoms with Gasteiger partial charge in [0, 0.05) is 19.1 Å². The zero-order valence-electron chi connectivity index (χ0n) is 11.2. The van der Waals surface area contributed by atoms with E-state index in [4.69, 9.17) is 0 Å². The minimum absolute atomic E-state index is 0.893. The quantitative estimate of drug-likeness (QED) is 0.587. The van der Waals surface area contributed by atoms with E-state index < -0.39 is 0 Å². The average Bonchev–Trinajstić information content (AvgIpc) is 3.10. The van der Waals surface area contributed by atoms with Crippen molar-refractivity contribution in [3.63, 3.8) is 0 Å². The summed E-state index contributed by atoms with van der Waals surface area (Å²) in [6.45, 7) is 5.43. The molecule has 0 saturated heterocycles. The highest BCUT2D eigenvalue weighted by molar-refractivity contribution is 4.83. The van der Waals surface area contributed by atoms with Crippen molar-refractivity contribution in [2.45, 2.75) is 57.4 Å². The van der Waals surface area contributed by atoms with Gasteiger partial charge in [-0.2, -0.15) is 0 Å². The minimum Gasteiger partial charge on any atom is -0.314 e. The van der Waals surface area contributed by atoms with Gasteiger partial charge in [-0.05, 0) is 76.3 Å². The molecule has 3 aliphatic carbocycles. The van der Waals surface area contributed by atoms with E-state index >= 15 is 0 Å². The van der Waals surface area contributed by atoms with Crippen molar-refractivity contribution in [3.8, 4) is 0 Å². The van der Waals surface area contributed by atoms with Crippen LogP contribution in [-0.2, 0) is 0 Å². The molecular formula is C15H28N2. The van der Waals surface area contributed by atoms with E-state index in [2.05, 4.69) is 10.2 Å². The number of hydrogen-bond donors (Lipinski definition) is 1. The van der Waals surface area contributed by atoms with Crippen LogP contribution in [0.5, 0.6) is 0 Å². The summed E-state index contributed by atoms with van der Waals surface area (Å²) in [5, 5.41) is 3.62. The molecule has 0 spiro atoms. The highest BCUT2D eigenvalue weighted by atomic mass is 15.1. The predicted molar refractivity (Wildman–Crippen MR) is 72.1 cm³/mol. The van der Waals surface area contributed by atoms with Crippen LogP contribution >= 0.6 is 0 Å². The van der Waals surface area contributed by atoms with Crippen LogP contribution in [0.15, 0.2) is 0 Å². The molecule has 0 bridgehead atoms. The SMILES string of the molecule is C(CCN(CC1CC1)CC1CC1)CNC1CC1. The van der Waals surface area contributed by atoms with Gasteiger partial charge in [0.05, 0.1) is 0 Å². The first kappa shape index (κ1) is 12.0. The molecular weight excluding hydrogens is 208 g/mol. The van der Waals surface area contributed by atoms with E-state index in [1.165, 1.54) is 77.5 Å². The maximum absolute atomic E-state index is 3.62. The van der Waals surface area contributed by atoms with Crippen LogP contribution < -0.4 is 5.32 Å².